The summed E-state index contributed by atoms with van der Waals surface area (Å²) < 4.78 is 24.8. The van der Waals surface area contributed by atoms with Gasteiger partial charge in [-0.1, -0.05) is 23.7 Å². The Morgan fingerprint density at radius 3 is 2.44 bits per heavy atom. The van der Waals surface area contributed by atoms with Gasteiger partial charge in [0.05, 0.1) is 15.6 Å². The molecule has 8 heteroatoms. The number of rotatable bonds is 7. The van der Waals surface area contributed by atoms with Gasteiger partial charge in [0.15, 0.2) is 9.84 Å². The van der Waals surface area contributed by atoms with Gasteiger partial charge in [0.25, 0.3) is 5.69 Å². The average molecular weight is 383 g/mol. The molecule has 0 saturated carbocycles. The summed E-state index contributed by atoms with van der Waals surface area (Å²) in [5, 5.41) is 11.4. The molecule has 0 aliphatic carbocycles. The van der Waals surface area contributed by atoms with Crippen LogP contribution in [-0.2, 0) is 9.84 Å². The molecule has 25 heavy (non-hydrogen) atoms. The van der Waals surface area contributed by atoms with Crippen LogP contribution in [0, 0.1) is 10.1 Å². The molecule has 2 rings (SSSR count). The molecule has 0 N–H and O–H groups in total. The predicted octanol–water partition coefficient (Wildman–Crippen LogP) is 3.71. The first-order chi connectivity index (χ1) is 11.7. The zero-order chi connectivity index (χ0) is 18.6. The molecule has 1 atom stereocenters. The van der Waals surface area contributed by atoms with Crippen LogP contribution in [0.25, 0.3) is 0 Å². The number of benzene rings is 2. The second-order valence-electron chi connectivity index (χ2n) is 5.78. The fraction of sp³-hybridized carbons (Fsp3) is 0.294. The third-order valence-electron chi connectivity index (χ3n) is 4.11. The number of non-ortho nitro benzene ring substituents is 1. The summed E-state index contributed by atoms with van der Waals surface area (Å²) in [6.07, 6.45) is 0. The monoisotopic (exact) mass is 382 g/mol. The molecule has 0 fully saturated rings. The van der Waals surface area contributed by atoms with Crippen molar-refractivity contribution in [3.8, 4) is 0 Å². The lowest BCUT2D eigenvalue weighted by atomic mass is 10.1. The molecule has 2 aromatic rings. The van der Waals surface area contributed by atoms with E-state index in [0.29, 0.717) is 11.6 Å². The highest BCUT2D eigenvalue weighted by Gasteiger charge is 2.19. The molecule has 0 bridgehead atoms. The third kappa shape index (κ3) is 5.01. The molecule has 134 valence electrons. The van der Waals surface area contributed by atoms with Gasteiger partial charge in [0.2, 0.25) is 0 Å². The van der Waals surface area contributed by atoms with Gasteiger partial charge < -0.3 is 0 Å². The van der Waals surface area contributed by atoms with Gasteiger partial charge in [-0.3, -0.25) is 15.0 Å². The molecular formula is C17H19ClN2O4S. The third-order valence-corrected chi connectivity index (χ3v) is 6.07. The summed E-state index contributed by atoms with van der Waals surface area (Å²) in [4.78, 5) is 12.5. The number of nitro benzene ring substituents is 1. The Morgan fingerprint density at radius 2 is 1.84 bits per heavy atom. The molecule has 0 aliphatic heterocycles. The van der Waals surface area contributed by atoms with Crippen LogP contribution < -0.4 is 0 Å². The summed E-state index contributed by atoms with van der Waals surface area (Å²) in [5.41, 5.74) is 0.784. The van der Waals surface area contributed by atoms with Crippen LogP contribution in [0.5, 0.6) is 0 Å². The van der Waals surface area contributed by atoms with Gasteiger partial charge >= 0.3 is 0 Å². The first-order valence-electron chi connectivity index (χ1n) is 7.63. The second kappa shape index (κ2) is 7.95. The van der Waals surface area contributed by atoms with Crippen molar-refractivity contribution in [2.75, 3.05) is 19.3 Å². The lowest BCUT2D eigenvalue weighted by molar-refractivity contribution is -0.384. The molecule has 0 heterocycles. The summed E-state index contributed by atoms with van der Waals surface area (Å²) in [5.74, 6) is -0.0512. The molecule has 0 radical (unpaired) electrons. The van der Waals surface area contributed by atoms with Crippen LogP contribution in [0.1, 0.15) is 18.5 Å². The topological polar surface area (TPSA) is 80.5 Å². The van der Waals surface area contributed by atoms with Gasteiger partial charge in [-0.15, -0.1) is 0 Å². The summed E-state index contributed by atoms with van der Waals surface area (Å²) in [6, 6.07) is 12.3. The van der Waals surface area contributed by atoms with Crippen LogP contribution in [0.4, 0.5) is 5.69 Å². The van der Waals surface area contributed by atoms with E-state index in [4.69, 9.17) is 11.6 Å². The molecule has 0 amide bonds. The van der Waals surface area contributed by atoms with Crippen molar-refractivity contribution in [1.82, 2.24) is 4.90 Å². The van der Waals surface area contributed by atoms with E-state index in [1.165, 1.54) is 24.3 Å². The van der Waals surface area contributed by atoms with E-state index in [1.54, 1.807) is 31.3 Å². The summed E-state index contributed by atoms with van der Waals surface area (Å²) >= 11 is 5.78. The predicted molar refractivity (Wildman–Crippen MR) is 97.6 cm³/mol. The fourth-order valence-electron chi connectivity index (χ4n) is 2.37. The lowest BCUT2D eigenvalue weighted by Gasteiger charge is -2.24. The Bertz CT molecular complexity index is 853. The van der Waals surface area contributed by atoms with Crippen molar-refractivity contribution < 1.29 is 13.3 Å². The number of hydrogen-bond acceptors (Lipinski definition) is 5. The number of sulfone groups is 1. The van der Waals surface area contributed by atoms with Crippen molar-refractivity contribution in [3.05, 3.63) is 69.2 Å². The maximum absolute atomic E-state index is 12.4. The molecule has 2 aromatic carbocycles. The van der Waals surface area contributed by atoms with E-state index in [0.717, 1.165) is 5.56 Å². The molecule has 1 unspecified atom stereocenters. The van der Waals surface area contributed by atoms with Gasteiger partial charge in [-0.05, 0) is 43.8 Å². The number of nitro groups is 1. The summed E-state index contributed by atoms with van der Waals surface area (Å²) in [7, 11) is -1.63. The quantitative estimate of drug-likeness (QED) is 0.538. The zero-order valence-electron chi connectivity index (χ0n) is 13.9. The smallest absolute Gasteiger partial charge is 0.269 e. The van der Waals surface area contributed by atoms with Gasteiger partial charge in [0, 0.05) is 29.7 Å². The molecule has 0 spiro atoms. The van der Waals surface area contributed by atoms with Crippen LogP contribution in [0.3, 0.4) is 0 Å². The van der Waals surface area contributed by atoms with Crippen molar-refractivity contribution >= 4 is 27.1 Å². The first kappa shape index (κ1) is 19.4. The standard InChI is InChI=1S/C17H19ClN2O4S/c1-13(14-4-3-5-16(12-14)20(21)22)19(2)10-11-25(23,24)17-8-6-15(18)7-9-17/h3-9,12-13H,10-11H2,1-2H3. The van der Waals surface area contributed by atoms with Crippen molar-refractivity contribution in [3.63, 3.8) is 0 Å². The lowest BCUT2D eigenvalue weighted by Crippen LogP contribution is -2.28. The SMILES string of the molecule is CC(c1cccc([N+](=O)[O-])c1)N(C)CCS(=O)(=O)c1ccc(Cl)cc1. The van der Waals surface area contributed by atoms with E-state index >= 15 is 0 Å². The van der Waals surface area contributed by atoms with E-state index in [-0.39, 0.29) is 22.4 Å². The molecule has 0 aliphatic rings. The molecular weight excluding hydrogens is 364 g/mol. The maximum Gasteiger partial charge on any atom is 0.269 e. The Morgan fingerprint density at radius 1 is 1.20 bits per heavy atom. The minimum absolute atomic E-state index is 0.0199. The Labute approximate surface area is 152 Å². The van der Waals surface area contributed by atoms with Crippen LogP contribution in [0.15, 0.2) is 53.4 Å². The van der Waals surface area contributed by atoms with Gasteiger partial charge in [0.1, 0.15) is 0 Å². The Balaban J connectivity index is 2.06. The highest BCUT2D eigenvalue weighted by atomic mass is 35.5. The van der Waals surface area contributed by atoms with Crippen LogP contribution >= 0.6 is 11.6 Å². The largest absolute Gasteiger partial charge is 0.299 e. The van der Waals surface area contributed by atoms with E-state index in [9.17, 15) is 18.5 Å². The molecule has 0 saturated heterocycles. The second-order valence-corrected chi connectivity index (χ2v) is 8.33. The van der Waals surface area contributed by atoms with Crippen molar-refractivity contribution in [1.29, 1.82) is 0 Å². The minimum atomic E-state index is -3.42. The van der Waals surface area contributed by atoms with Gasteiger partial charge in [-0.25, -0.2) is 8.42 Å². The molecule has 6 nitrogen and oxygen atoms in total. The average Bonchev–Trinajstić information content (AvgIpc) is 2.59. The van der Waals surface area contributed by atoms with E-state index in [2.05, 4.69) is 0 Å². The van der Waals surface area contributed by atoms with Crippen LogP contribution in [0.2, 0.25) is 5.02 Å². The number of nitrogens with zero attached hydrogens (tertiary/aromatic N) is 2. The van der Waals surface area contributed by atoms with Crippen molar-refractivity contribution in [2.45, 2.75) is 17.9 Å². The minimum Gasteiger partial charge on any atom is -0.299 e. The van der Waals surface area contributed by atoms with Gasteiger partial charge in [-0.2, -0.15) is 0 Å². The van der Waals surface area contributed by atoms with E-state index in [1.807, 2.05) is 11.8 Å². The Hall–Kier alpha value is -1.96. The van der Waals surface area contributed by atoms with E-state index < -0.39 is 14.8 Å². The highest BCUT2D eigenvalue weighted by Crippen LogP contribution is 2.23. The van der Waals surface area contributed by atoms with Crippen molar-refractivity contribution in [2.24, 2.45) is 0 Å². The number of halogens is 1. The summed E-state index contributed by atoms with van der Waals surface area (Å²) in [6.45, 7) is 2.18. The highest BCUT2D eigenvalue weighted by molar-refractivity contribution is 7.91. The fourth-order valence-corrected chi connectivity index (χ4v) is 3.81. The molecule has 0 aromatic heterocycles. The number of hydrogen-bond donors (Lipinski definition) is 0. The zero-order valence-corrected chi connectivity index (χ0v) is 15.5. The Kier molecular flexibility index (Phi) is 6.16. The normalized spacial score (nSPS) is 13.0. The first-order valence-corrected chi connectivity index (χ1v) is 9.66. The van der Waals surface area contributed by atoms with Crippen LogP contribution in [-0.4, -0.2) is 37.6 Å². The maximum atomic E-state index is 12.4.